The van der Waals surface area contributed by atoms with Gasteiger partial charge in [-0.15, -0.1) is 0 Å². The SMILES string of the molecule is CC(C)(C)C(NC(=O)O)[C@H]1CC[C@H](C(=O)Nc2c(C(=O)Nc3ccc(Cl)cn3)oc3cccnc23)CC1. The van der Waals surface area contributed by atoms with Crippen LogP contribution in [0.25, 0.3) is 11.1 Å². The van der Waals surface area contributed by atoms with Crippen LogP contribution in [0.1, 0.15) is 57.0 Å². The molecule has 0 spiro atoms. The summed E-state index contributed by atoms with van der Waals surface area (Å²) in [6.07, 6.45) is 4.54. The zero-order valence-electron chi connectivity index (χ0n) is 20.9. The number of nitrogens with zero attached hydrogens (tertiary/aromatic N) is 2. The lowest BCUT2D eigenvalue weighted by atomic mass is 9.70. The van der Waals surface area contributed by atoms with Crippen molar-refractivity contribution in [3.8, 4) is 0 Å². The van der Waals surface area contributed by atoms with Crippen molar-refractivity contribution < 1.29 is 23.9 Å². The molecule has 1 aliphatic rings. The first kappa shape index (κ1) is 26.4. The molecule has 1 saturated carbocycles. The third kappa shape index (κ3) is 6.19. The molecule has 3 aromatic rings. The van der Waals surface area contributed by atoms with E-state index in [0.717, 1.165) is 0 Å². The Morgan fingerprint density at radius 2 is 1.81 bits per heavy atom. The van der Waals surface area contributed by atoms with Crippen LogP contribution in [0.2, 0.25) is 5.02 Å². The lowest BCUT2D eigenvalue weighted by molar-refractivity contribution is -0.121. The first-order chi connectivity index (χ1) is 17.5. The number of hydrogen-bond acceptors (Lipinski definition) is 6. The summed E-state index contributed by atoms with van der Waals surface area (Å²) >= 11 is 5.87. The number of pyridine rings is 2. The van der Waals surface area contributed by atoms with Gasteiger partial charge in [0, 0.05) is 24.4 Å². The molecule has 1 unspecified atom stereocenters. The van der Waals surface area contributed by atoms with E-state index < -0.39 is 12.0 Å². The second-order valence-electron chi connectivity index (χ2n) is 10.4. The number of carbonyl (C=O) groups excluding carboxylic acids is 2. The van der Waals surface area contributed by atoms with E-state index in [0.29, 0.717) is 41.8 Å². The van der Waals surface area contributed by atoms with Crippen molar-refractivity contribution >= 4 is 52.1 Å². The van der Waals surface area contributed by atoms with Crippen LogP contribution in [0.3, 0.4) is 0 Å². The van der Waals surface area contributed by atoms with Crippen molar-refractivity contribution in [3.05, 3.63) is 47.4 Å². The molecule has 1 aliphatic carbocycles. The maximum absolute atomic E-state index is 13.3. The minimum absolute atomic E-state index is 0.0778. The molecule has 37 heavy (non-hydrogen) atoms. The summed E-state index contributed by atoms with van der Waals surface area (Å²) in [7, 11) is 0. The van der Waals surface area contributed by atoms with Crippen LogP contribution in [0.15, 0.2) is 41.1 Å². The summed E-state index contributed by atoms with van der Waals surface area (Å²) in [6, 6.07) is 6.29. The molecule has 10 nitrogen and oxygen atoms in total. The average Bonchev–Trinajstić information content (AvgIpc) is 3.22. The normalized spacial score (nSPS) is 18.7. The van der Waals surface area contributed by atoms with Gasteiger partial charge in [0.25, 0.3) is 5.91 Å². The van der Waals surface area contributed by atoms with Crippen LogP contribution < -0.4 is 16.0 Å². The van der Waals surface area contributed by atoms with Crippen LogP contribution in [-0.4, -0.2) is 39.0 Å². The number of carboxylic acid groups (broad SMARTS) is 1. The number of carbonyl (C=O) groups is 3. The molecule has 0 aromatic carbocycles. The molecule has 3 aromatic heterocycles. The molecule has 0 aliphatic heterocycles. The number of aromatic nitrogens is 2. The maximum Gasteiger partial charge on any atom is 0.404 e. The van der Waals surface area contributed by atoms with Gasteiger partial charge < -0.3 is 25.5 Å². The fraction of sp³-hybridized carbons (Fsp3) is 0.423. The van der Waals surface area contributed by atoms with Gasteiger partial charge in [-0.25, -0.2) is 9.78 Å². The van der Waals surface area contributed by atoms with Gasteiger partial charge in [-0.2, -0.15) is 0 Å². The first-order valence-electron chi connectivity index (χ1n) is 12.1. The van der Waals surface area contributed by atoms with Crippen LogP contribution in [-0.2, 0) is 4.79 Å². The third-order valence-electron chi connectivity index (χ3n) is 6.70. The van der Waals surface area contributed by atoms with Crippen LogP contribution >= 0.6 is 11.6 Å². The van der Waals surface area contributed by atoms with Crippen LogP contribution in [0.5, 0.6) is 0 Å². The number of anilines is 2. The second kappa shape index (κ2) is 10.8. The lowest BCUT2D eigenvalue weighted by Crippen LogP contribution is -2.49. The molecule has 3 heterocycles. The molecule has 0 saturated heterocycles. The molecule has 1 atom stereocenters. The summed E-state index contributed by atoms with van der Waals surface area (Å²) in [5.74, 6) is -0.773. The van der Waals surface area contributed by atoms with E-state index in [-0.39, 0.29) is 46.5 Å². The fourth-order valence-electron chi connectivity index (χ4n) is 4.94. The van der Waals surface area contributed by atoms with E-state index in [9.17, 15) is 19.5 Å². The molecular weight excluding hydrogens is 498 g/mol. The molecule has 0 bridgehead atoms. The van der Waals surface area contributed by atoms with Crippen molar-refractivity contribution in [3.63, 3.8) is 0 Å². The molecule has 4 N–H and O–H groups in total. The zero-order chi connectivity index (χ0) is 26.7. The highest BCUT2D eigenvalue weighted by Gasteiger charge is 2.37. The summed E-state index contributed by atoms with van der Waals surface area (Å²) in [6.45, 7) is 6.03. The Morgan fingerprint density at radius 1 is 1.08 bits per heavy atom. The van der Waals surface area contributed by atoms with Gasteiger partial charge in [0.1, 0.15) is 17.0 Å². The highest BCUT2D eigenvalue weighted by Crippen LogP contribution is 2.38. The summed E-state index contributed by atoms with van der Waals surface area (Å²) in [5.41, 5.74) is 0.691. The van der Waals surface area contributed by atoms with Crippen molar-refractivity contribution in [2.75, 3.05) is 10.6 Å². The average molecular weight is 528 g/mol. The zero-order valence-corrected chi connectivity index (χ0v) is 21.6. The van der Waals surface area contributed by atoms with Crippen molar-refractivity contribution in [1.29, 1.82) is 0 Å². The monoisotopic (exact) mass is 527 g/mol. The van der Waals surface area contributed by atoms with Crippen LogP contribution in [0, 0.1) is 17.3 Å². The predicted molar refractivity (Wildman–Crippen MR) is 140 cm³/mol. The van der Waals surface area contributed by atoms with Gasteiger partial charge in [0.2, 0.25) is 11.7 Å². The minimum atomic E-state index is -1.04. The van der Waals surface area contributed by atoms with Gasteiger partial charge in [-0.3, -0.25) is 14.6 Å². The van der Waals surface area contributed by atoms with E-state index in [4.69, 9.17) is 16.0 Å². The van der Waals surface area contributed by atoms with E-state index in [2.05, 4.69) is 25.9 Å². The number of hydrogen-bond donors (Lipinski definition) is 4. The van der Waals surface area contributed by atoms with E-state index >= 15 is 0 Å². The lowest BCUT2D eigenvalue weighted by Gasteiger charge is -2.40. The number of rotatable bonds is 6. The maximum atomic E-state index is 13.3. The standard InChI is InChI=1S/C26H30ClN5O5/c1-26(2,3)22(32-25(35)36)14-6-8-15(9-7-14)23(33)31-20-19-17(5-4-12-28-19)37-21(20)24(34)30-18-11-10-16(27)13-29-18/h4-5,10-15,22,32H,6-9H2,1-3H3,(H,31,33)(H,35,36)(H,29,30,34)/t14-,15-,22?. The Kier molecular flexibility index (Phi) is 7.68. The minimum Gasteiger partial charge on any atom is -0.465 e. The quantitative estimate of drug-likeness (QED) is 0.328. The number of amides is 3. The molecule has 11 heteroatoms. The first-order valence-corrected chi connectivity index (χ1v) is 12.5. The fourth-order valence-corrected chi connectivity index (χ4v) is 5.05. The number of fused-ring (bicyclic) bond motifs is 1. The van der Waals surface area contributed by atoms with Crippen molar-refractivity contribution in [2.24, 2.45) is 17.3 Å². The van der Waals surface area contributed by atoms with E-state index in [1.807, 2.05) is 20.8 Å². The Balaban J connectivity index is 1.49. The molecule has 4 rings (SSSR count). The number of furan rings is 1. The Labute approximate surface area is 219 Å². The highest BCUT2D eigenvalue weighted by atomic mass is 35.5. The summed E-state index contributed by atoms with van der Waals surface area (Å²) in [5, 5.41) is 17.9. The van der Waals surface area contributed by atoms with Gasteiger partial charge >= 0.3 is 6.09 Å². The molecule has 3 amide bonds. The molecular formula is C26H30ClN5O5. The molecule has 196 valence electrons. The highest BCUT2D eigenvalue weighted by molar-refractivity contribution is 6.30. The van der Waals surface area contributed by atoms with Crippen molar-refractivity contribution in [1.82, 2.24) is 15.3 Å². The van der Waals surface area contributed by atoms with Crippen molar-refractivity contribution in [2.45, 2.75) is 52.5 Å². The summed E-state index contributed by atoms with van der Waals surface area (Å²) < 4.78 is 5.76. The molecule has 0 radical (unpaired) electrons. The largest absolute Gasteiger partial charge is 0.465 e. The predicted octanol–water partition coefficient (Wildman–Crippen LogP) is 5.56. The Morgan fingerprint density at radius 3 is 2.43 bits per heavy atom. The van der Waals surface area contributed by atoms with E-state index in [1.165, 1.54) is 6.20 Å². The number of nitrogens with one attached hydrogen (secondary N) is 3. The second-order valence-corrected chi connectivity index (χ2v) is 10.8. The molecule has 1 fully saturated rings. The Hall–Kier alpha value is -3.66. The Bertz CT molecular complexity index is 1290. The number of halogens is 1. The summed E-state index contributed by atoms with van der Waals surface area (Å²) in [4.78, 5) is 46.0. The van der Waals surface area contributed by atoms with Gasteiger partial charge in [-0.1, -0.05) is 32.4 Å². The van der Waals surface area contributed by atoms with Gasteiger partial charge in [-0.05, 0) is 61.3 Å². The van der Waals surface area contributed by atoms with Gasteiger partial charge in [0.15, 0.2) is 5.58 Å². The third-order valence-corrected chi connectivity index (χ3v) is 6.92. The topological polar surface area (TPSA) is 146 Å². The smallest absolute Gasteiger partial charge is 0.404 e. The van der Waals surface area contributed by atoms with E-state index in [1.54, 1.807) is 30.5 Å². The van der Waals surface area contributed by atoms with Crippen LogP contribution in [0.4, 0.5) is 16.3 Å². The van der Waals surface area contributed by atoms with Gasteiger partial charge in [0.05, 0.1) is 5.02 Å².